The van der Waals surface area contributed by atoms with Crippen molar-refractivity contribution in [1.82, 2.24) is 15.2 Å². The number of rotatable bonds is 5. The molecule has 2 heterocycles. The molecular weight excluding hydrogens is 280 g/mol. The van der Waals surface area contributed by atoms with E-state index in [4.69, 9.17) is 4.99 Å². The molecule has 0 saturated carbocycles. The average Bonchev–Trinajstić information content (AvgIpc) is 2.99. The maximum atomic E-state index is 4.79. The Balaban J connectivity index is 1.83. The third-order valence-electron chi connectivity index (χ3n) is 3.79. The van der Waals surface area contributed by atoms with Gasteiger partial charge in [-0.1, -0.05) is 13.8 Å². The SMILES string of the molecule is CCNC(=NCCCc1nc(C)cs1)N1CCC(C)(C)C1. The summed E-state index contributed by atoms with van der Waals surface area (Å²) in [6.45, 7) is 12.9. The van der Waals surface area contributed by atoms with Crippen molar-refractivity contribution in [3.63, 3.8) is 0 Å². The van der Waals surface area contributed by atoms with Crippen LogP contribution in [0.5, 0.6) is 0 Å². The van der Waals surface area contributed by atoms with Crippen LogP contribution in [0.4, 0.5) is 0 Å². The maximum Gasteiger partial charge on any atom is 0.193 e. The van der Waals surface area contributed by atoms with E-state index in [1.807, 2.05) is 0 Å². The summed E-state index contributed by atoms with van der Waals surface area (Å²) in [6, 6.07) is 0. The first kappa shape index (κ1) is 16.3. The predicted octanol–water partition coefficient (Wildman–Crippen LogP) is 3.08. The van der Waals surface area contributed by atoms with E-state index in [1.165, 1.54) is 11.4 Å². The summed E-state index contributed by atoms with van der Waals surface area (Å²) in [4.78, 5) is 11.7. The molecule has 2 rings (SSSR count). The van der Waals surface area contributed by atoms with Crippen LogP contribution in [0.1, 0.15) is 44.3 Å². The molecule has 0 atom stereocenters. The molecule has 0 radical (unpaired) electrons. The smallest absolute Gasteiger partial charge is 0.193 e. The van der Waals surface area contributed by atoms with Crippen LogP contribution < -0.4 is 5.32 Å². The first-order chi connectivity index (χ1) is 10.00. The van der Waals surface area contributed by atoms with E-state index in [2.05, 4.69) is 48.3 Å². The normalized spacial score (nSPS) is 18.3. The second kappa shape index (κ2) is 7.25. The van der Waals surface area contributed by atoms with E-state index in [-0.39, 0.29) is 0 Å². The second-order valence-electron chi connectivity index (χ2n) is 6.56. The summed E-state index contributed by atoms with van der Waals surface area (Å²) in [6.07, 6.45) is 3.35. The summed E-state index contributed by atoms with van der Waals surface area (Å²) >= 11 is 1.76. The molecular formula is C16H28N4S. The van der Waals surface area contributed by atoms with E-state index < -0.39 is 0 Å². The highest BCUT2D eigenvalue weighted by atomic mass is 32.1. The molecule has 5 heteroatoms. The third-order valence-corrected chi connectivity index (χ3v) is 4.82. The third kappa shape index (κ3) is 4.99. The zero-order valence-corrected chi connectivity index (χ0v) is 14.6. The molecule has 0 amide bonds. The number of likely N-dealkylation sites (tertiary alicyclic amines) is 1. The van der Waals surface area contributed by atoms with Crippen LogP contribution in [0, 0.1) is 12.3 Å². The van der Waals surface area contributed by atoms with Crippen LogP contribution >= 0.6 is 11.3 Å². The lowest BCUT2D eigenvalue weighted by Gasteiger charge is -2.23. The van der Waals surface area contributed by atoms with E-state index >= 15 is 0 Å². The Morgan fingerprint density at radius 3 is 2.90 bits per heavy atom. The molecule has 1 fully saturated rings. The average molecular weight is 308 g/mol. The van der Waals surface area contributed by atoms with Crippen molar-refractivity contribution in [3.8, 4) is 0 Å². The molecule has 1 saturated heterocycles. The van der Waals surface area contributed by atoms with Gasteiger partial charge in [0.05, 0.1) is 5.01 Å². The van der Waals surface area contributed by atoms with Crippen molar-refractivity contribution in [2.24, 2.45) is 10.4 Å². The molecule has 118 valence electrons. The maximum absolute atomic E-state index is 4.79. The molecule has 0 spiro atoms. The van der Waals surface area contributed by atoms with Gasteiger partial charge in [-0.05, 0) is 32.1 Å². The van der Waals surface area contributed by atoms with Gasteiger partial charge in [-0.15, -0.1) is 11.3 Å². The van der Waals surface area contributed by atoms with Crippen molar-refractivity contribution < 1.29 is 0 Å². The van der Waals surface area contributed by atoms with Gasteiger partial charge in [-0.3, -0.25) is 4.99 Å². The number of hydrogen-bond acceptors (Lipinski definition) is 3. The molecule has 1 aliphatic heterocycles. The van der Waals surface area contributed by atoms with Crippen molar-refractivity contribution >= 4 is 17.3 Å². The lowest BCUT2D eigenvalue weighted by molar-refractivity contribution is 0.370. The standard InChI is InChI=1S/C16H28N4S/c1-5-17-15(20-10-8-16(3,4)12-20)18-9-6-7-14-19-13(2)11-21-14/h11H,5-10,12H2,1-4H3,(H,17,18). The Morgan fingerprint density at radius 2 is 2.33 bits per heavy atom. The zero-order valence-electron chi connectivity index (χ0n) is 13.8. The summed E-state index contributed by atoms with van der Waals surface area (Å²) in [5, 5.41) is 6.78. The number of aryl methyl sites for hydroxylation is 2. The molecule has 1 aromatic heterocycles. The van der Waals surface area contributed by atoms with Crippen molar-refractivity contribution in [2.75, 3.05) is 26.2 Å². The van der Waals surface area contributed by atoms with Gasteiger partial charge < -0.3 is 10.2 Å². The molecule has 4 nitrogen and oxygen atoms in total. The minimum absolute atomic E-state index is 0.411. The van der Waals surface area contributed by atoms with Gasteiger partial charge >= 0.3 is 0 Å². The second-order valence-corrected chi connectivity index (χ2v) is 7.50. The lowest BCUT2D eigenvalue weighted by Crippen LogP contribution is -2.40. The Morgan fingerprint density at radius 1 is 1.52 bits per heavy atom. The fourth-order valence-electron chi connectivity index (χ4n) is 2.65. The molecule has 21 heavy (non-hydrogen) atoms. The summed E-state index contributed by atoms with van der Waals surface area (Å²) in [7, 11) is 0. The highest BCUT2D eigenvalue weighted by Crippen LogP contribution is 2.28. The van der Waals surface area contributed by atoms with Crippen LogP contribution in [-0.2, 0) is 6.42 Å². The highest BCUT2D eigenvalue weighted by Gasteiger charge is 2.30. The van der Waals surface area contributed by atoms with Crippen molar-refractivity contribution in [1.29, 1.82) is 0 Å². The zero-order chi connectivity index (χ0) is 15.3. The Bertz CT molecular complexity index is 478. The topological polar surface area (TPSA) is 40.5 Å². The molecule has 0 unspecified atom stereocenters. The van der Waals surface area contributed by atoms with Gasteiger partial charge in [0.1, 0.15) is 0 Å². The summed E-state index contributed by atoms with van der Waals surface area (Å²) in [5.74, 6) is 1.08. The van der Waals surface area contributed by atoms with Gasteiger partial charge in [0.15, 0.2) is 5.96 Å². The quantitative estimate of drug-likeness (QED) is 0.516. The van der Waals surface area contributed by atoms with Gasteiger partial charge in [-0.25, -0.2) is 4.98 Å². The Hall–Kier alpha value is -1.10. The van der Waals surface area contributed by atoms with E-state index in [9.17, 15) is 0 Å². The largest absolute Gasteiger partial charge is 0.357 e. The van der Waals surface area contributed by atoms with Gasteiger partial charge in [0.2, 0.25) is 0 Å². The van der Waals surface area contributed by atoms with Gasteiger partial charge in [0, 0.05) is 43.7 Å². The highest BCUT2D eigenvalue weighted by molar-refractivity contribution is 7.09. The number of nitrogens with zero attached hydrogens (tertiary/aromatic N) is 3. The minimum atomic E-state index is 0.411. The fourth-order valence-corrected chi connectivity index (χ4v) is 3.47. The molecule has 0 aliphatic carbocycles. The number of hydrogen-bond donors (Lipinski definition) is 1. The van der Waals surface area contributed by atoms with Gasteiger partial charge in [-0.2, -0.15) is 0 Å². The van der Waals surface area contributed by atoms with E-state index in [0.717, 1.165) is 50.7 Å². The monoisotopic (exact) mass is 308 g/mol. The van der Waals surface area contributed by atoms with E-state index in [1.54, 1.807) is 11.3 Å². The number of nitrogens with one attached hydrogen (secondary N) is 1. The number of aliphatic imine (C=N–C) groups is 1. The van der Waals surface area contributed by atoms with Crippen LogP contribution in [0.3, 0.4) is 0 Å². The van der Waals surface area contributed by atoms with Crippen LogP contribution in [0.15, 0.2) is 10.4 Å². The molecule has 1 N–H and O–H groups in total. The van der Waals surface area contributed by atoms with Crippen molar-refractivity contribution in [2.45, 2.75) is 47.0 Å². The van der Waals surface area contributed by atoms with Crippen LogP contribution in [0.25, 0.3) is 0 Å². The number of guanidine groups is 1. The Kier molecular flexibility index (Phi) is 5.62. The van der Waals surface area contributed by atoms with Crippen LogP contribution in [0.2, 0.25) is 0 Å². The minimum Gasteiger partial charge on any atom is -0.357 e. The Labute approximate surface area is 132 Å². The van der Waals surface area contributed by atoms with Crippen LogP contribution in [-0.4, -0.2) is 42.0 Å². The predicted molar refractivity (Wildman–Crippen MR) is 91.1 cm³/mol. The first-order valence-electron chi connectivity index (χ1n) is 7.94. The van der Waals surface area contributed by atoms with E-state index in [0.29, 0.717) is 5.41 Å². The molecule has 1 aliphatic rings. The molecule has 1 aromatic rings. The molecule has 0 bridgehead atoms. The summed E-state index contributed by atoms with van der Waals surface area (Å²) < 4.78 is 0. The van der Waals surface area contributed by atoms with Gasteiger partial charge in [0.25, 0.3) is 0 Å². The number of aromatic nitrogens is 1. The number of thiazole rings is 1. The lowest BCUT2D eigenvalue weighted by atomic mass is 9.93. The first-order valence-corrected chi connectivity index (χ1v) is 8.82. The van der Waals surface area contributed by atoms with Crippen molar-refractivity contribution in [3.05, 3.63) is 16.1 Å². The fraction of sp³-hybridized carbons (Fsp3) is 0.750. The summed E-state index contributed by atoms with van der Waals surface area (Å²) in [5.41, 5.74) is 1.54. The molecule has 0 aromatic carbocycles.